The SMILES string of the molecule is Cc1ccc(CCC(=O)Nc2ccc(C)c(Cl)c2)cc1C. The molecular formula is C18H20ClNO. The lowest BCUT2D eigenvalue weighted by Gasteiger charge is -2.08. The highest BCUT2D eigenvalue weighted by molar-refractivity contribution is 6.31. The first-order chi connectivity index (χ1) is 9.95. The van der Waals surface area contributed by atoms with E-state index in [0.29, 0.717) is 11.4 Å². The normalized spacial score (nSPS) is 10.5. The molecule has 2 aromatic carbocycles. The molecule has 0 atom stereocenters. The van der Waals surface area contributed by atoms with E-state index in [1.165, 1.54) is 16.7 Å². The summed E-state index contributed by atoms with van der Waals surface area (Å²) in [5, 5.41) is 3.55. The predicted molar refractivity (Wildman–Crippen MR) is 89.1 cm³/mol. The second-order valence-corrected chi connectivity index (χ2v) is 5.84. The molecule has 2 aromatic rings. The van der Waals surface area contributed by atoms with E-state index in [9.17, 15) is 4.79 Å². The van der Waals surface area contributed by atoms with Gasteiger partial charge in [-0.2, -0.15) is 0 Å². The third-order valence-corrected chi connectivity index (χ3v) is 4.07. The molecule has 2 rings (SSSR count). The van der Waals surface area contributed by atoms with Crippen molar-refractivity contribution in [2.45, 2.75) is 33.6 Å². The van der Waals surface area contributed by atoms with Crippen LogP contribution in [0, 0.1) is 20.8 Å². The summed E-state index contributed by atoms with van der Waals surface area (Å²) in [7, 11) is 0. The second-order valence-electron chi connectivity index (χ2n) is 5.43. The molecule has 3 heteroatoms. The Morgan fingerprint density at radius 1 is 1.00 bits per heavy atom. The van der Waals surface area contributed by atoms with Crippen molar-refractivity contribution >= 4 is 23.2 Å². The average Bonchev–Trinajstić information content (AvgIpc) is 2.44. The number of hydrogen-bond acceptors (Lipinski definition) is 1. The number of carbonyl (C=O) groups is 1. The maximum Gasteiger partial charge on any atom is 0.224 e. The summed E-state index contributed by atoms with van der Waals surface area (Å²) in [5.41, 5.74) is 5.48. The Balaban J connectivity index is 1.92. The second kappa shape index (κ2) is 6.77. The fourth-order valence-electron chi connectivity index (χ4n) is 2.11. The van der Waals surface area contributed by atoms with Gasteiger partial charge < -0.3 is 5.32 Å². The first-order valence-electron chi connectivity index (χ1n) is 7.08. The van der Waals surface area contributed by atoms with Crippen LogP contribution < -0.4 is 5.32 Å². The number of amides is 1. The molecule has 21 heavy (non-hydrogen) atoms. The molecule has 0 fully saturated rings. The van der Waals surface area contributed by atoms with Crippen LogP contribution in [0.1, 0.15) is 28.7 Å². The van der Waals surface area contributed by atoms with E-state index >= 15 is 0 Å². The van der Waals surface area contributed by atoms with Crippen LogP contribution in [-0.4, -0.2) is 5.91 Å². The zero-order valence-corrected chi connectivity index (χ0v) is 13.4. The minimum absolute atomic E-state index is 0.00754. The summed E-state index contributed by atoms with van der Waals surface area (Å²) >= 11 is 6.05. The first kappa shape index (κ1) is 15.6. The summed E-state index contributed by atoms with van der Waals surface area (Å²) in [6.07, 6.45) is 1.21. The number of hydrogen-bond donors (Lipinski definition) is 1. The van der Waals surface area contributed by atoms with Crippen LogP contribution in [0.4, 0.5) is 5.69 Å². The van der Waals surface area contributed by atoms with E-state index < -0.39 is 0 Å². The minimum Gasteiger partial charge on any atom is -0.326 e. The highest BCUT2D eigenvalue weighted by Crippen LogP contribution is 2.20. The van der Waals surface area contributed by atoms with Crippen molar-refractivity contribution < 1.29 is 4.79 Å². The third kappa shape index (κ3) is 4.33. The largest absolute Gasteiger partial charge is 0.326 e. The van der Waals surface area contributed by atoms with Gasteiger partial charge in [0.25, 0.3) is 0 Å². The number of rotatable bonds is 4. The van der Waals surface area contributed by atoms with Gasteiger partial charge in [-0.3, -0.25) is 4.79 Å². The lowest BCUT2D eigenvalue weighted by Crippen LogP contribution is -2.12. The summed E-state index contributed by atoms with van der Waals surface area (Å²) in [6, 6.07) is 11.9. The van der Waals surface area contributed by atoms with Gasteiger partial charge in [0.05, 0.1) is 0 Å². The number of nitrogens with one attached hydrogen (secondary N) is 1. The lowest BCUT2D eigenvalue weighted by atomic mass is 10.0. The van der Waals surface area contributed by atoms with Gasteiger partial charge >= 0.3 is 0 Å². The lowest BCUT2D eigenvalue weighted by molar-refractivity contribution is -0.116. The number of anilines is 1. The Bertz CT molecular complexity index is 664. The topological polar surface area (TPSA) is 29.1 Å². The van der Waals surface area contributed by atoms with Crippen LogP contribution >= 0.6 is 11.6 Å². The average molecular weight is 302 g/mol. The number of benzene rings is 2. The summed E-state index contributed by atoms with van der Waals surface area (Å²) in [4.78, 5) is 12.0. The fraction of sp³-hybridized carbons (Fsp3) is 0.278. The van der Waals surface area contributed by atoms with Gasteiger partial charge in [-0.25, -0.2) is 0 Å². The van der Waals surface area contributed by atoms with E-state index in [-0.39, 0.29) is 5.91 Å². The Morgan fingerprint density at radius 3 is 2.38 bits per heavy atom. The maximum absolute atomic E-state index is 12.0. The molecule has 0 aromatic heterocycles. The smallest absolute Gasteiger partial charge is 0.224 e. The molecule has 1 N–H and O–H groups in total. The van der Waals surface area contributed by atoms with Crippen LogP contribution in [-0.2, 0) is 11.2 Å². The van der Waals surface area contributed by atoms with Gasteiger partial charge in [0.2, 0.25) is 5.91 Å². The highest BCUT2D eigenvalue weighted by atomic mass is 35.5. The Kier molecular flexibility index (Phi) is 5.03. The fourth-order valence-corrected chi connectivity index (χ4v) is 2.29. The van der Waals surface area contributed by atoms with Gasteiger partial charge in [0.15, 0.2) is 0 Å². The van der Waals surface area contributed by atoms with E-state index in [2.05, 4.69) is 37.4 Å². The standard InChI is InChI=1S/C18H20ClNO/c1-12-4-6-15(10-14(12)3)7-9-18(21)20-16-8-5-13(2)17(19)11-16/h4-6,8,10-11H,7,9H2,1-3H3,(H,20,21). The van der Waals surface area contributed by atoms with E-state index in [0.717, 1.165) is 17.7 Å². The molecule has 0 saturated heterocycles. The van der Waals surface area contributed by atoms with Crippen LogP contribution in [0.25, 0.3) is 0 Å². The van der Waals surface area contributed by atoms with E-state index in [1.807, 2.05) is 19.1 Å². The highest BCUT2D eigenvalue weighted by Gasteiger charge is 2.05. The van der Waals surface area contributed by atoms with Gasteiger partial charge in [-0.1, -0.05) is 35.9 Å². The Morgan fingerprint density at radius 2 is 1.71 bits per heavy atom. The van der Waals surface area contributed by atoms with Crippen molar-refractivity contribution in [1.82, 2.24) is 0 Å². The molecule has 0 bridgehead atoms. The quantitative estimate of drug-likeness (QED) is 0.860. The van der Waals surface area contributed by atoms with Gasteiger partial charge in [0, 0.05) is 17.1 Å². The molecule has 0 aliphatic rings. The molecule has 0 heterocycles. The van der Waals surface area contributed by atoms with Gasteiger partial charge in [-0.05, 0) is 61.6 Å². The Hall–Kier alpha value is -1.80. The van der Waals surface area contributed by atoms with Gasteiger partial charge in [-0.15, -0.1) is 0 Å². The van der Waals surface area contributed by atoms with Crippen LogP contribution in [0.2, 0.25) is 5.02 Å². The molecular weight excluding hydrogens is 282 g/mol. The van der Waals surface area contributed by atoms with Gasteiger partial charge in [0.1, 0.15) is 0 Å². The zero-order chi connectivity index (χ0) is 15.4. The first-order valence-corrected chi connectivity index (χ1v) is 7.45. The van der Waals surface area contributed by atoms with Crippen molar-refractivity contribution in [1.29, 1.82) is 0 Å². The molecule has 0 aliphatic heterocycles. The van der Waals surface area contributed by atoms with E-state index in [1.54, 1.807) is 6.07 Å². The van der Waals surface area contributed by atoms with Crippen molar-refractivity contribution in [3.63, 3.8) is 0 Å². The van der Waals surface area contributed by atoms with Crippen molar-refractivity contribution in [3.8, 4) is 0 Å². The summed E-state index contributed by atoms with van der Waals surface area (Å²) in [6.45, 7) is 6.12. The molecule has 0 radical (unpaired) electrons. The number of carbonyl (C=O) groups excluding carboxylic acids is 1. The van der Waals surface area contributed by atoms with Crippen molar-refractivity contribution in [3.05, 3.63) is 63.7 Å². The third-order valence-electron chi connectivity index (χ3n) is 3.67. The van der Waals surface area contributed by atoms with E-state index in [4.69, 9.17) is 11.6 Å². The summed E-state index contributed by atoms with van der Waals surface area (Å²) < 4.78 is 0. The molecule has 1 amide bonds. The minimum atomic E-state index is 0.00754. The molecule has 0 unspecified atom stereocenters. The predicted octanol–water partition coefficient (Wildman–Crippen LogP) is 4.84. The molecule has 0 aliphatic carbocycles. The van der Waals surface area contributed by atoms with Crippen molar-refractivity contribution in [2.24, 2.45) is 0 Å². The van der Waals surface area contributed by atoms with Crippen LogP contribution in [0.3, 0.4) is 0 Å². The molecule has 0 saturated carbocycles. The number of halogens is 1. The summed E-state index contributed by atoms with van der Waals surface area (Å²) in [5.74, 6) is 0.00754. The zero-order valence-electron chi connectivity index (χ0n) is 12.7. The Labute approximate surface area is 131 Å². The number of aryl methyl sites for hydroxylation is 4. The van der Waals surface area contributed by atoms with Crippen LogP contribution in [0.5, 0.6) is 0 Å². The van der Waals surface area contributed by atoms with Crippen LogP contribution in [0.15, 0.2) is 36.4 Å². The molecule has 2 nitrogen and oxygen atoms in total. The molecule has 110 valence electrons. The maximum atomic E-state index is 12.0. The monoisotopic (exact) mass is 301 g/mol. The molecule has 0 spiro atoms. The van der Waals surface area contributed by atoms with Crippen molar-refractivity contribution in [2.75, 3.05) is 5.32 Å².